The molecule has 2 rings (SSSR count). The van der Waals surface area contributed by atoms with Gasteiger partial charge in [-0.05, 0) is 32.4 Å². The first kappa shape index (κ1) is 13.1. The van der Waals surface area contributed by atoms with Crippen molar-refractivity contribution in [2.75, 3.05) is 0 Å². The lowest BCUT2D eigenvalue weighted by atomic mass is 10.1. The van der Waals surface area contributed by atoms with Crippen LogP contribution in [0.15, 0.2) is 24.3 Å². The quantitative estimate of drug-likeness (QED) is 0.782. The zero-order valence-electron chi connectivity index (χ0n) is 9.71. The molecule has 18 heavy (non-hydrogen) atoms. The van der Waals surface area contributed by atoms with Crippen molar-refractivity contribution < 1.29 is 13.2 Å². The largest absolute Gasteiger partial charge is 0.416 e. The van der Waals surface area contributed by atoms with E-state index in [9.17, 15) is 13.2 Å². The summed E-state index contributed by atoms with van der Waals surface area (Å²) in [5.74, 6) is 0. The number of nitrogens with zero attached hydrogens (tertiary/aromatic N) is 1. The van der Waals surface area contributed by atoms with Crippen molar-refractivity contribution in [3.8, 4) is 10.6 Å². The average Bonchev–Trinajstić information content (AvgIpc) is 2.69. The first-order chi connectivity index (χ1) is 8.41. The molecule has 95 valence electrons. The van der Waals surface area contributed by atoms with Crippen molar-refractivity contribution in [1.29, 1.82) is 0 Å². The van der Waals surface area contributed by atoms with Crippen LogP contribution in [0.5, 0.6) is 0 Å². The lowest BCUT2D eigenvalue weighted by molar-refractivity contribution is -0.137. The summed E-state index contributed by atoms with van der Waals surface area (Å²) in [7, 11) is 0. The molecule has 0 aliphatic heterocycles. The third-order valence-electron chi connectivity index (χ3n) is 2.59. The molecule has 5 heteroatoms. The summed E-state index contributed by atoms with van der Waals surface area (Å²) in [6, 6.07) is 5.06. The Balaban J connectivity index is 2.34. The van der Waals surface area contributed by atoms with E-state index in [4.69, 9.17) is 0 Å². The molecule has 0 bridgehead atoms. The molecule has 1 nitrogen and oxygen atoms in total. The second-order valence-corrected chi connectivity index (χ2v) is 5.05. The van der Waals surface area contributed by atoms with E-state index in [0.717, 1.165) is 27.7 Å². The predicted octanol–water partition coefficient (Wildman–Crippen LogP) is 4.51. The molecular weight excluding hydrogens is 259 g/mol. The van der Waals surface area contributed by atoms with Crippen LogP contribution in [0.2, 0.25) is 0 Å². The first-order valence-corrected chi connectivity index (χ1v) is 6.16. The van der Waals surface area contributed by atoms with Crippen LogP contribution in [0.3, 0.4) is 0 Å². The van der Waals surface area contributed by atoms with Gasteiger partial charge in [-0.25, -0.2) is 4.98 Å². The van der Waals surface area contributed by atoms with Crippen LogP contribution < -0.4 is 0 Å². The minimum absolute atomic E-state index is 0.586. The Hall–Kier alpha value is -1.36. The van der Waals surface area contributed by atoms with Gasteiger partial charge in [0, 0.05) is 10.4 Å². The summed E-state index contributed by atoms with van der Waals surface area (Å²) in [5, 5.41) is 0.736. The van der Waals surface area contributed by atoms with E-state index >= 15 is 0 Å². The highest BCUT2D eigenvalue weighted by Crippen LogP contribution is 2.32. The number of hydrogen-bond donors (Lipinski definition) is 0. The Bertz CT molecular complexity index is 540. The van der Waals surface area contributed by atoms with E-state index in [1.165, 1.54) is 23.5 Å². The maximum absolute atomic E-state index is 12.4. The number of aromatic nitrogens is 1. The smallest absolute Gasteiger partial charge is 0.241 e. The zero-order chi connectivity index (χ0) is 13.3. The van der Waals surface area contributed by atoms with Gasteiger partial charge < -0.3 is 0 Å². The van der Waals surface area contributed by atoms with Crippen LogP contribution in [0, 0.1) is 13.8 Å². The highest BCUT2D eigenvalue weighted by atomic mass is 32.1. The second kappa shape index (κ2) is 4.72. The summed E-state index contributed by atoms with van der Waals surface area (Å²) < 4.78 is 37.3. The van der Waals surface area contributed by atoms with E-state index in [1.807, 2.05) is 6.92 Å². The SMILES string of the molecule is [CH2]Cc1nc(-c2ccc(C(F)(F)F)cc2)sc1C. The lowest BCUT2D eigenvalue weighted by Crippen LogP contribution is -2.03. The monoisotopic (exact) mass is 270 g/mol. The normalized spacial score (nSPS) is 11.8. The van der Waals surface area contributed by atoms with E-state index < -0.39 is 11.7 Å². The molecule has 0 saturated heterocycles. The lowest BCUT2D eigenvalue weighted by Gasteiger charge is -2.06. The molecule has 0 spiro atoms. The maximum atomic E-state index is 12.4. The average molecular weight is 270 g/mol. The fraction of sp³-hybridized carbons (Fsp3) is 0.231. The Kier molecular flexibility index (Phi) is 3.43. The summed E-state index contributed by atoms with van der Waals surface area (Å²) in [6.07, 6.45) is -3.71. The van der Waals surface area contributed by atoms with Crippen molar-refractivity contribution >= 4 is 11.3 Å². The maximum Gasteiger partial charge on any atom is 0.416 e. The molecule has 0 unspecified atom stereocenters. The molecule has 0 atom stereocenters. The molecule has 0 fully saturated rings. The molecule has 1 aromatic carbocycles. The summed E-state index contributed by atoms with van der Waals surface area (Å²) >= 11 is 1.47. The van der Waals surface area contributed by atoms with E-state index in [2.05, 4.69) is 11.9 Å². The molecule has 0 amide bonds. The van der Waals surface area contributed by atoms with Crippen LogP contribution >= 0.6 is 11.3 Å². The van der Waals surface area contributed by atoms with Crippen LogP contribution in [-0.4, -0.2) is 4.98 Å². The molecule has 1 aromatic heterocycles. The fourth-order valence-corrected chi connectivity index (χ4v) is 2.55. The number of hydrogen-bond acceptors (Lipinski definition) is 2. The Morgan fingerprint density at radius 1 is 1.22 bits per heavy atom. The molecule has 0 N–H and O–H groups in total. The molecule has 0 saturated carbocycles. The minimum atomic E-state index is -4.30. The fourth-order valence-electron chi connectivity index (χ4n) is 1.59. The van der Waals surface area contributed by atoms with Gasteiger partial charge in [0.2, 0.25) is 0 Å². The first-order valence-electron chi connectivity index (χ1n) is 5.35. The third-order valence-corrected chi connectivity index (χ3v) is 3.65. The van der Waals surface area contributed by atoms with Gasteiger partial charge in [0.15, 0.2) is 0 Å². The van der Waals surface area contributed by atoms with E-state index in [-0.39, 0.29) is 0 Å². The van der Waals surface area contributed by atoms with Crippen molar-refractivity contribution in [3.05, 3.63) is 47.3 Å². The number of halogens is 3. The molecule has 0 aliphatic carbocycles. The van der Waals surface area contributed by atoms with Gasteiger partial charge in [-0.1, -0.05) is 12.1 Å². The summed E-state index contributed by atoms with van der Waals surface area (Å²) in [5.41, 5.74) is 0.961. The molecule has 2 aromatic rings. The number of aryl methyl sites for hydroxylation is 1. The van der Waals surface area contributed by atoms with Crippen LogP contribution in [0.4, 0.5) is 13.2 Å². The zero-order valence-corrected chi connectivity index (χ0v) is 10.5. The predicted molar refractivity (Wildman–Crippen MR) is 66.4 cm³/mol. The molecule has 1 radical (unpaired) electrons. The van der Waals surface area contributed by atoms with E-state index in [0.29, 0.717) is 12.0 Å². The van der Waals surface area contributed by atoms with Crippen molar-refractivity contribution in [3.63, 3.8) is 0 Å². The number of benzene rings is 1. The Morgan fingerprint density at radius 2 is 1.83 bits per heavy atom. The van der Waals surface area contributed by atoms with Gasteiger partial charge in [0.1, 0.15) is 5.01 Å². The van der Waals surface area contributed by atoms with Crippen LogP contribution in [0.25, 0.3) is 10.6 Å². The highest BCUT2D eigenvalue weighted by molar-refractivity contribution is 7.15. The van der Waals surface area contributed by atoms with Crippen LogP contribution in [0.1, 0.15) is 16.1 Å². The summed E-state index contributed by atoms with van der Waals surface area (Å²) in [4.78, 5) is 5.42. The number of rotatable bonds is 2. The Labute approximate surface area is 107 Å². The second-order valence-electron chi connectivity index (χ2n) is 3.85. The molecular formula is C13H11F3NS. The van der Waals surface area contributed by atoms with Gasteiger partial charge in [0.25, 0.3) is 0 Å². The van der Waals surface area contributed by atoms with Gasteiger partial charge >= 0.3 is 6.18 Å². The minimum Gasteiger partial charge on any atom is -0.241 e. The van der Waals surface area contributed by atoms with Gasteiger partial charge in [-0.15, -0.1) is 11.3 Å². The van der Waals surface area contributed by atoms with Gasteiger partial charge in [-0.2, -0.15) is 13.2 Å². The molecule has 1 heterocycles. The van der Waals surface area contributed by atoms with Gasteiger partial charge in [-0.3, -0.25) is 0 Å². The van der Waals surface area contributed by atoms with E-state index in [1.54, 1.807) is 0 Å². The Morgan fingerprint density at radius 3 is 2.28 bits per heavy atom. The van der Waals surface area contributed by atoms with Crippen molar-refractivity contribution in [1.82, 2.24) is 4.98 Å². The topological polar surface area (TPSA) is 12.9 Å². The standard InChI is InChI=1S/C13H11F3NS/c1-3-11-8(2)18-12(17-11)9-4-6-10(7-5-9)13(14,15)16/h4-7H,1,3H2,2H3. The van der Waals surface area contributed by atoms with Gasteiger partial charge in [0.05, 0.1) is 11.3 Å². The number of thiazole rings is 1. The van der Waals surface area contributed by atoms with Crippen LogP contribution in [-0.2, 0) is 12.6 Å². The summed E-state index contributed by atoms with van der Waals surface area (Å²) in [6.45, 7) is 5.70. The number of alkyl halides is 3. The highest BCUT2D eigenvalue weighted by Gasteiger charge is 2.30. The van der Waals surface area contributed by atoms with Crippen molar-refractivity contribution in [2.45, 2.75) is 19.5 Å². The van der Waals surface area contributed by atoms with Crippen molar-refractivity contribution in [2.24, 2.45) is 0 Å². The molecule has 0 aliphatic rings. The third kappa shape index (κ3) is 2.56.